The molecule has 0 aliphatic carbocycles. The Bertz CT molecular complexity index is 987. The third-order valence-corrected chi connectivity index (χ3v) is 7.06. The largest absolute Gasteiger partial charge is 0.465 e. The number of carbonyl (C=O) groups is 2. The smallest absolute Gasteiger partial charge is 0.348 e. The van der Waals surface area contributed by atoms with Crippen molar-refractivity contribution in [1.29, 1.82) is 0 Å². The van der Waals surface area contributed by atoms with E-state index in [1.807, 2.05) is 29.2 Å². The summed E-state index contributed by atoms with van der Waals surface area (Å²) < 4.78 is 9.72. The zero-order chi connectivity index (χ0) is 22.5. The average molecular weight is 482 g/mol. The van der Waals surface area contributed by atoms with E-state index in [0.29, 0.717) is 26.1 Å². The van der Waals surface area contributed by atoms with Crippen molar-refractivity contribution < 1.29 is 19.1 Å². The fourth-order valence-corrected chi connectivity index (χ4v) is 5.05. The first kappa shape index (κ1) is 23.5. The topological polar surface area (TPSA) is 71.1 Å². The van der Waals surface area contributed by atoms with Crippen LogP contribution in [0.15, 0.2) is 24.3 Å². The number of carbonyl (C=O) groups excluding carboxylic acids is 2. The van der Waals surface area contributed by atoms with Crippen molar-refractivity contribution in [2.75, 3.05) is 45.7 Å². The second kappa shape index (κ2) is 10.4. The van der Waals surface area contributed by atoms with Gasteiger partial charge in [-0.05, 0) is 36.3 Å². The van der Waals surface area contributed by atoms with Crippen LogP contribution < -0.4 is 5.32 Å². The maximum Gasteiger partial charge on any atom is 0.348 e. The molecule has 1 saturated heterocycles. The van der Waals surface area contributed by atoms with Crippen molar-refractivity contribution in [2.24, 2.45) is 0 Å². The third-order valence-electron chi connectivity index (χ3n) is 5.14. The lowest BCUT2D eigenvalue weighted by Crippen LogP contribution is -2.49. The van der Waals surface area contributed by atoms with Crippen LogP contribution in [0.5, 0.6) is 0 Å². The van der Waals surface area contributed by atoms with Gasteiger partial charge >= 0.3 is 11.9 Å². The van der Waals surface area contributed by atoms with E-state index in [1.165, 1.54) is 14.2 Å². The zero-order valence-corrected chi connectivity index (χ0v) is 20.0. The predicted octanol–water partition coefficient (Wildman–Crippen LogP) is 3.80. The van der Waals surface area contributed by atoms with Crippen molar-refractivity contribution in [1.82, 2.24) is 9.80 Å². The Morgan fingerprint density at radius 2 is 1.77 bits per heavy atom. The molecule has 1 fully saturated rings. The molecule has 10 heteroatoms. The number of ether oxygens (including phenoxy) is 2. The van der Waals surface area contributed by atoms with Gasteiger partial charge in [0.1, 0.15) is 9.88 Å². The molecule has 2 heterocycles. The molecule has 166 valence electrons. The first-order chi connectivity index (χ1) is 14.8. The standard InChI is InChI=1S/C21H24ClN3O4S2/c1-13-16(19(26)28-2)18(31-17(13)20(27)29-3)23-21(30)25-10-8-24(9-11-25)12-14-6-4-5-7-15(14)22/h4-7H,8-12H2,1-3H3,(H,23,30). The molecule has 0 radical (unpaired) electrons. The SMILES string of the molecule is COC(=O)c1sc(NC(=S)N2CCN(Cc3ccccc3Cl)CC2)c(C(=O)OC)c1C. The number of hydrogen-bond acceptors (Lipinski definition) is 7. The minimum absolute atomic E-state index is 0.299. The summed E-state index contributed by atoms with van der Waals surface area (Å²) in [4.78, 5) is 29.1. The second-order valence-electron chi connectivity index (χ2n) is 7.03. The molecule has 1 aliphatic heterocycles. The third kappa shape index (κ3) is 5.35. The summed E-state index contributed by atoms with van der Waals surface area (Å²) in [5.41, 5.74) is 1.91. The number of nitrogens with zero attached hydrogens (tertiary/aromatic N) is 2. The van der Waals surface area contributed by atoms with Crippen molar-refractivity contribution in [3.63, 3.8) is 0 Å². The molecule has 3 rings (SSSR count). The number of piperazine rings is 1. The summed E-state index contributed by atoms with van der Waals surface area (Å²) >= 11 is 13.0. The maximum absolute atomic E-state index is 12.3. The monoisotopic (exact) mass is 481 g/mol. The average Bonchev–Trinajstić information content (AvgIpc) is 3.10. The normalized spacial score (nSPS) is 14.3. The van der Waals surface area contributed by atoms with E-state index in [4.69, 9.17) is 33.3 Å². The van der Waals surface area contributed by atoms with Crippen LogP contribution in [0, 0.1) is 6.92 Å². The van der Waals surface area contributed by atoms with Crippen LogP contribution in [0.2, 0.25) is 5.02 Å². The van der Waals surface area contributed by atoms with E-state index in [-0.39, 0.29) is 0 Å². The van der Waals surface area contributed by atoms with E-state index in [0.717, 1.165) is 54.6 Å². The van der Waals surface area contributed by atoms with Crippen LogP contribution in [0.4, 0.5) is 5.00 Å². The van der Waals surface area contributed by atoms with Gasteiger partial charge in [-0.3, -0.25) is 4.90 Å². The lowest BCUT2D eigenvalue weighted by Gasteiger charge is -2.36. The highest BCUT2D eigenvalue weighted by molar-refractivity contribution is 7.80. The molecule has 31 heavy (non-hydrogen) atoms. The zero-order valence-electron chi connectivity index (χ0n) is 17.6. The van der Waals surface area contributed by atoms with Crippen LogP contribution in [0.1, 0.15) is 31.2 Å². The predicted molar refractivity (Wildman–Crippen MR) is 126 cm³/mol. The summed E-state index contributed by atoms with van der Waals surface area (Å²) in [6.07, 6.45) is 0. The molecule has 0 spiro atoms. The number of thiocarbonyl (C=S) groups is 1. The maximum atomic E-state index is 12.3. The number of anilines is 1. The summed E-state index contributed by atoms with van der Waals surface area (Å²) in [5, 5.41) is 4.89. The summed E-state index contributed by atoms with van der Waals surface area (Å²) in [6, 6.07) is 7.85. The number of thiophene rings is 1. The molecule has 1 aromatic carbocycles. The van der Waals surface area contributed by atoms with E-state index in [2.05, 4.69) is 10.2 Å². The summed E-state index contributed by atoms with van der Waals surface area (Å²) in [6.45, 7) is 5.60. The quantitative estimate of drug-likeness (QED) is 0.511. The first-order valence-electron chi connectivity index (χ1n) is 9.67. The number of rotatable bonds is 5. The molecule has 0 amide bonds. The van der Waals surface area contributed by atoms with Crippen molar-refractivity contribution in [3.05, 3.63) is 50.9 Å². The minimum atomic E-state index is -0.529. The Hall–Kier alpha value is -2.20. The molecule has 7 nitrogen and oxygen atoms in total. The minimum Gasteiger partial charge on any atom is -0.465 e. The van der Waals surface area contributed by atoms with Gasteiger partial charge in [0.25, 0.3) is 0 Å². The van der Waals surface area contributed by atoms with Gasteiger partial charge < -0.3 is 19.7 Å². The highest BCUT2D eigenvalue weighted by Crippen LogP contribution is 2.34. The van der Waals surface area contributed by atoms with E-state index >= 15 is 0 Å². The molecule has 1 N–H and O–H groups in total. The Balaban J connectivity index is 1.66. The van der Waals surface area contributed by atoms with Gasteiger partial charge in [0.05, 0.1) is 19.8 Å². The van der Waals surface area contributed by atoms with Crippen LogP contribution >= 0.6 is 35.2 Å². The molecule has 1 aliphatic rings. The lowest BCUT2D eigenvalue weighted by atomic mass is 10.1. The Labute approximate surface area is 195 Å². The van der Waals surface area contributed by atoms with Gasteiger partial charge in [-0.2, -0.15) is 0 Å². The van der Waals surface area contributed by atoms with Gasteiger partial charge in [0.2, 0.25) is 0 Å². The summed E-state index contributed by atoms with van der Waals surface area (Å²) in [5.74, 6) is -1.03. The molecular weight excluding hydrogens is 458 g/mol. The Kier molecular flexibility index (Phi) is 7.88. The first-order valence-corrected chi connectivity index (χ1v) is 11.3. The highest BCUT2D eigenvalue weighted by Gasteiger charge is 2.27. The molecular formula is C21H24ClN3O4S2. The highest BCUT2D eigenvalue weighted by atomic mass is 35.5. The number of esters is 2. The molecule has 0 unspecified atom stereocenters. The Morgan fingerprint density at radius 1 is 1.13 bits per heavy atom. The molecule has 2 aromatic rings. The van der Waals surface area contributed by atoms with E-state index < -0.39 is 11.9 Å². The van der Waals surface area contributed by atoms with Gasteiger partial charge in [-0.15, -0.1) is 11.3 Å². The fraction of sp³-hybridized carbons (Fsp3) is 0.381. The van der Waals surface area contributed by atoms with Crippen LogP contribution in [0.25, 0.3) is 0 Å². The van der Waals surface area contributed by atoms with Crippen molar-refractivity contribution >= 4 is 57.2 Å². The fourth-order valence-electron chi connectivity index (χ4n) is 3.39. The Morgan fingerprint density at radius 3 is 2.39 bits per heavy atom. The lowest BCUT2D eigenvalue weighted by molar-refractivity contribution is 0.0601. The molecule has 0 bridgehead atoms. The van der Waals surface area contributed by atoms with Crippen LogP contribution in [-0.2, 0) is 16.0 Å². The van der Waals surface area contributed by atoms with Gasteiger partial charge in [-0.1, -0.05) is 29.8 Å². The van der Waals surface area contributed by atoms with Gasteiger partial charge in [0, 0.05) is 37.7 Å². The number of methoxy groups -OCH3 is 2. The number of halogens is 1. The van der Waals surface area contributed by atoms with Crippen molar-refractivity contribution in [3.8, 4) is 0 Å². The molecule has 0 atom stereocenters. The number of hydrogen-bond donors (Lipinski definition) is 1. The van der Waals surface area contributed by atoms with Crippen molar-refractivity contribution in [2.45, 2.75) is 13.5 Å². The second-order valence-corrected chi connectivity index (χ2v) is 8.84. The van der Waals surface area contributed by atoms with E-state index in [9.17, 15) is 9.59 Å². The number of nitrogens with one attached hydrogen (secondary N) is 1. The summed E-state index contributed by atoms with van der Waals surface area (Å²) in [7, 11) is 2.61. The van der Waals surface area contributed by atoms with Crippen LogP contribution in [-0.4, -0.2) is 67.2 Å². The van der Waals surface area contributed by atoms with Gasteiger partial charge in [0.15, 0.2) is 5.11 Å². The molecule has 0 saturated carbocycles. The molecule has 1 aromatic heterocycles. The number of benzene rings is 1. The van der Waals surface area contributed by atoms with E-state index in [1.54, 1.807) is 6.92 Å². The van der Waals surface area contributed by atoms with Gasteiger partial charge in [-0.25, -0.2) is 9.59 Å². The van der Waals surface area contributed by atoms with Crippen LogP contribution in [0.3, 0.4) is 0 Å².